The van der Waals surface area contributed by atoms with Gasteiger partial charge in [-0.25, -0.2) is 0 Å². The third-order valence-electron chi connectivity index (χ3n) is 4.14. The Morgan fingerprint density at radius 2 is 2.25 bits per heavy atom. The lowest BCUT2D eigenvalue weighted by Gasteiger charge is -2.30. The number of ether oxygens (including phenoxy) is 1. The lowest BCUT2D eigenvalue weighted by Crippen LogP contribution is -2.31. The van der Waals surface area contributed by atoms with Crippen LogP contribution in [-0.2, 0) is 16.0 Å². The molecule has 1 saturated carbocycles. The molecule has 0 spiro atoms. The van der Waals surface area contributed by atoms with Crippen LogP contribution in [0.2, 0.25) is 5.02 Å². The van der Waals surface area contributed by atoms with E-state index < -0.39 is 0 Å². The van der Waals surface area contributed by atoms with E-state index in [9.17, 15) is 4.79 Å². The Labute approximate surface area is 123 Å². The molecule has 108 valence electrons. The van der Waals surface area contributed by atoms with Crippen molar-refractivity contribution in [1.82, 2.24) is 0 Å². The number of rotatable bonds is 3. The molecule has 4 nitrogen and oxygen atoms in total. The number of carbonyl (C=O) groups excluding carboxylic acids is 1. The monoisotopic (exact) mass is 294 g/mol. The highest BCUT2D eigenvalue weighted by Crippen LogP contribution is 2.34. The minimum Gasteiger partial charge on any atom is -0.381 e. The lowest BCUT2D eigenvalue weighted by molar-refractivity contribution is -0.115. The summed E-state index contributed by atoms with van der Waals surface area (Å²) in [7, 11) is 1.77. The van der Waals surface area contributed by atoms with Crippen molar-refractivity contribution in [3.05, 3.63) is 22.7 Å². The van der Waals surface area contributed by atoms with Crippen molar-refractivity contribution < 1.29 is 9.53 Å². The van der Waals surface area contributed by atoms with Gasteiger partial charge in [-0.15, -0.1) is 0 Å². The van der Waals surface area contributed by atoms with E-state index >= 15 is 0 Å². The number of hydrogen-bond donors (Lipinski definition) is 2. The van der Waals surface area contributed by atoms with E-state index in [1.165, 1.54) is 6.42 Å². The van der Waals surface area contributed by atoms with E-state index in [-0.39, 0.29) is 5.91 Å². The highest BCUT2D eigenvalue weighted by molar-refractivity contribution is 6.33. The maximum Gasteiger partial charge on any atom is 0.228 e. The number of nitrogens with one attached hydrogen (secondary N) is 2. The molecular formula is C15H19ClN2O2. The first kappa shape index (κ1) is 13.7. The number of hydrogen-bond acceptors (Lipinski definition) is 3. The van der Waals surface area contributed by atoms with Crippen LogP contribution in [0.3, 0.4) is 0 Å². The third-order valence-corrected chi connectivity index (χ3v) is 4.45. The summed E-state index contributed by atoms with van der Waals surface area (Å²) in [4.78, 5) is 11.4. The van der Waals surface area contributed by atoms with Crippen molar-refractivity contribution in [3.8, 4) is 0 Å². The van der Waals surface area contributed by atoms with Crippen molar-refractivity contribution in [2.75, 3.05) is 17.7 Å². The molecule has 20 heavy (non-hydrogen) atoms. The average molecular weight is 295 g/mol. The van der Waals surface area contributed by atoms with Crippen LogP contribution in [0.1, 0.15) is 31.2 Å². The van der Waals surface area contributed by atoms with Gasteiger partial charge >= 0.3 is 0 Å². The average Bonchev–Trinajstić information content (AvgIpc) is 2.78. The zero-order valence-electron chi connectivity index (χ0n) is 11.5. The van der Waals surface area contributed by atoms with Crippen LogP contribution in [0.4, 0.5) is 11.4 Å². The molecule has 1 aromatic rings. The summed E-state index contributed by atoms with van der Waals surface area (Å²) in [6, 6.07) is 4.21. The maximum absolute atomic E-state index is 11.4. The van der Waals surface area contributed by atoms with Crippen molar-refractivity contribution in [2.45, 2.75) is 44.2 Å². The number of benzene rings is 1. The summed E-state index contributed by atoms with van der Waals surface area (Å²) >= 11 is 6.30. The normalized spacial score (nSPS) is 25.2. The van der Waals surface area contributed by atoms with Crippen molar-refractivity contribution in [2.24, 2.45) is 0 Å². The molecule has 2 N–H and O–H groups in total. The van der Waals surface area contributed by atoms with Crippen LogP contribution >= 0.6 is 11.6 Å². The fourth-order valence-electron chi connectivity index (χ4n) is 3.07. The minimum atomic E-state index is 0.0327. The summed E-state index contributed by atoms with van der Waals surface area (Å²) in [5.74, 6) is 0.0327. The van der Waals surface area contributed by atoms with Gasteiger partial charge in [-0.1, -0.05) is 11.6 Å². The molecule has 0 saturated heterocycles. The predicted octanol–water partition coefficient (Wildman–Crippen LogP) is 3.20. The highest BCUT2D eigenvalue weighted by atomic mass is 35.5. The van der Waals surface area contributed by atoms with Gasteiger partial charge in [-0.2, -0.15) is 0 Å². The van der Waals surface area contributed by atoms with E-state index in [4.69, 9.17) is 16.3 Å². The number of fused-ring (bicyclic) bond motifs is 1. The van der Waals surface area contributed by atoms with Gasteiger partial charge in [0.05, 0.1) is 23.2 Å². The largest absolute Gasteiger partial charge is 0.381 e. The fourth-order valence-corrected chi connectivity index (χ4v) is 3.29. The zero-order chi connectivity index (χ0) is 14.1. The predicted molar refractivity (Wildman–Crippen MR) is 80.5 cm³/mol. The van der Waals surface area contributed by atoms with Crippen LogP contribution in [0, 0.1) is 0 Å². The molecule has 0 radical (unpaired) electrons. The third kappa shape index (κ3) is 2.76. The summed E-state index contributed by atoms with van der Waals surface area (Å²) in [6.07, 6.45) is 5.19. The molecule has 2 aliphatic rings. The molecule has 1 heterocycles. The van der Waals surface area contributed by atoms with Gasteiger partial charge in [0, 0.05) is 18.8 Å². The van der Waals surface area contributed by atoms with Crippen LogP contribution in [-0.4, -0.2) is 25.2 Å². The van der Waals surface area contributed by atoms with E-state index in [1.54, 1.807) is 7.11 Å². The minimum absolute atomic E-state index is 0.0327. The number of methoxy groups -OCH3 is 1. The van der Waals surface area contributed by atoms with Crippen LogP contribution in [0.15, 0.2) is 12.1 Å². The Balaban J connectivity index is 1.74. The van der Waals surface area contributed by atoms with Gasteiger partial charge in [-0.05, 0) is 43.4 Å². The van der Waals surface area contributed by atoms with Crippen LogP contribution in [0.25, 0.3) is 0 Å². The number of halogens is 1. The van der Waals surface area contributed by atoms with Crippen molar-refractivity contribution in [1.29, 1.82) is 0 Å². The molecule has 2 atom stereocenters. The summed E-state index contributed by atoms with van der Waals surface area (Å²) in [6.45, 7) is 0. The topological polar surface area (TPSA) is 50.4 Å². The highest BCUT2D eigenvalue weighted by Gasteiger charge is 2.24. The van der Waals surface area contributed by atoms with Gasteiger partial charge in [0.25, 0.3) is 0 Å². The number of amides is 1. The van der Waals surface area contributed by atoms with E-state index in [2.05, 4.69) is 10.6 Å². The lowest BCUT2D eigenvalue weighted by atomic mass is 9.92. The molecule has 3 rings (SSSR count). The molecule has 0 aromatic heterocycles. The molecule has 2 unspecified atom stereocenters. The molecule has 1 aliphatic heterocycles. The van der Waals surface area contributed by atoms with Crippen molar-refractivity contribution >= 4 is 28.9 Å². The van der Waals surface area contributed by atoms with Gasteiger partial charge in [0.1, 0.15) is 0 Å². The fraction of sp³-hybridized carbons (Fsp3) is 0.533. The van der Waals surface area contributed by atoms with Gasteiger partial charge < -0.3 is 15.4 Å². The Bertz CT molecular complexity index is 533. The maximum atomic E-state index is 11.4. The smallest absolute Gasteiger partial charge is 0.228 e. The number of anilines is 2. The first-order chi connectivity index (χ1) is 9.65. The molecule has 0 bridgehead atoms. The molecule has 1 fully saturated rings. The first-order valence-corrected chi connectivity index (χ1v) is 7.45. The molecular weight excluding hydrogens is 276 g/mol. The van der Waals surface area contributed by atoms with Gasteiger partial charge in [0.2, 0.25) is 5.91 Å². The van der Waals surface area contributed by atoms with Gasteiger partial charge in [0.15, 0.2) is 0 Å². The zero-order valence-corrected chi connectivity index (χ0v) is 12.3. The van der Waals surface area contributed by atoms with E-state index in [0.29, 0.717) is 23.6 Å². The summed E-state index contributed by atoms with van der Waals surface area (Å²) in [5.41, 5.74) is 2.77. The second-order valence-corrected chi connectivity index (χ2v) is 5.99. The van der Waals surface area contributed by atoms with Crippen LogP contribution in [0.5, 0.6) is 0 Å². The Kier molecular flexibility index (Phi) is 3.85. The summed E-state index contributed by atoms with van der Waals surface area (Å²) in [5, 5.41) is 6.98. The second-order valence-electron chi connectivity index (χ2n) is 5.58. The standard InChI is InChI=1S/C15H19ClN2O2/c1-20-11-4-2-3-10(7-11)17-14-5-9-6-15(19)18-13(9)8-12(14)16/h5,8,10-11,17H,2-4,6-7H2,1H3,(H,18,19). The molecule has 1 amide bonds. The van der Waals surface area contributed by atoms with Crippen LogP contribution < -0.4 is 10.6 Å². The number of carbonyl (C=O) groups is 1. The quantitative estimate of drug-likeness (QED) is 0.900. The Morgan fingerprint density at radius 3 is 3.05 bits per heavy atom. The molecule has 1 aliphatic carbocycles. The van der Waals surface area contributed by atoms with E-state index in [1.807, 2.05) is 12.1 Å². The van der Waals surface area contributed by atoms with Crippen molar-refractivity contribution in [3.63, 3.8) is 0 Å². The summed E-state index contributed by atoms with van der Waals surface area (Å²) < 4.78 is 5.45. The molecule has 5 heteroatoms. The Hall–Kier alpha value is -1.26. The SMILES string of the molecule is COC1CCCC(Nc2cc3c(cc2Cl)NC(=O)C3)C1. The Morgan fingerprint density at radius 1 is 1.40 bits per heavy atom. The molecule has 1 aromatic carbocycles. The van der Waals surface area contributed by atoms with E-state index in [0.717, 1.165) is 36.2 Å². The second kappa shape index (κ2) is 5.62. The first-order valence-electron chi connectivity index (χ1n) is 7.07. The van der Waals surface area contributed by atoms with Gasteiger partial charge in [-0.3, -0.25) is 4.79 Å².